The number of hydrogen-bond acceptors (Lipinski definition) is 7. The molecule has 0 saturated carbocycles. The SMILES string of the molecule is CN1C(=O)Cc2cc(-c3ccc(OCF)cc3-c3csc(CNC(=O)[C@@H](CC(=O)O)Cc4ccccc4)n3)cnc21. The third-order valence-electron chi connectivity index (χ3n) is 6.86. The molecule has 2 aromatic carbocycles. The van der Waals surface area contributed by atoms with Crippen molar-refractivity contribution >= 4 is 34.9 Å². The summed E-state index contributed by atoms with van der Waals surface area (Å²) >= 11 is 1.34. The van der Waals surface area contributed by atoms with Crippen LogP contribution in [0.5, 0.6) is 5.75 Å². The number of carboxylic acid groups (broad SMARTS) is 1. The largest absolute Gasteiger partial charge is 0.481 e. The van der Waals surface area contributed by atoms with Crippen molar-refractivity contribution in [1.29, 1.82) is 0 Å². The number of ether oxygens (including phenoxy) is 1. The molecule has 2 aromatic heterocycles. The summed E-state index contributed by atoms with van der Waals surface area (Å²) in [6.07, 6.45) is 1.97. The molecule has 5 rings (SSSR count). The van der Waals surface area contributed by atoms with Gasteiger partial charge < -0.3 is 15.2 Å². The van der Waals surface area contributed by atoms with E-state index in [9.17, 15) is 23.9 Å². The molecule has 2 amide bonds. The Morgan fingerprint density at radius 1 is 1.17 bits per heavy atom. The highest BCUT2D eigenvalue weighted by molar-refractivity contribution is 7.09. The number of nitrogens with one attached hydrogen (secondary N) is 1. The van der Waals surface area contributed by atoms with Crippen molar-refractivity contribution in [2.24, 2.45) is 5.92 Å². The minimum atomic E-state index is -1.04. The lowest BCUT2D eigenvalue weighted by molar-refractivity contribution is -0.141. The molecule has 0 bridgehead atoms. The molecule has 0 radical (unpaired) electrons. The molecular formula is C30H27FN4O5S. The zero-order valence-corrected chi connectivity index (χ0v) is 23.0. The van der Waals surface area contributed by atoms with Crippen molar-refractivity contribution in [2.75, 3.05) is 18.8 Å². The zero-order valence-electron chi connectivity index (χ0n) is 22.2. The van der Waals surface area contributed by atoms with Crippen LogP contribution < -0.4 is 15.0 Å². The van der Waals surface area contributed by atoms with Gasteiger partial charge in [0.05, 0.1) is 31.0 Å². The number of anilines is 1. The van der Waals surface area contributed by atoms with Crippen LogP contribution in [0.3, 0.4) is 0 Å². The lowest BCUT2D eigenvalue weighted by Gasteiger charge is -2.14. The van der Waals surface area contributed by atoms with Crippen molar-refractivity contribution in [3.63, 3.8) is 0 Å². The third kappa shape index (κ3) is 6.41. The molecule has 0 fully saturated rings. The van der Waals surface area contributed by atoms with Crippen LogP contribution in [-0.2, 0) is 33.8 Å². The number of thiazole rings is 1. The molecule has 4 aromatic rings. The van der Waals surface area contributed by atoms with Gasteiger partial charge in [0.1, 0.15) is 16.6 Å². The molecule has 0 aliphatic carbocycles. The van der Waals surface area contributed by atoms with Crippen molar-refractivity contribution in [2.45, 2.75) is 25.8 Å². The molecule has 11 heteroatoms. The van der Waals surface area contributed by atoms with Crippen LogP contribution in [0.15, 0.2) is 66.2 Å². The lowest BCUT2D eigenvalue weighted by atomic mass is 9.95. The highest BCUT2D eigenvalue weighted by Gasteiger charge is 2.26. The summed E-state index contributed by atoms with van der Waals surface area (Å²) in [5.41, 5.74) is 4.52. The number of benzene rings is 2. The van der Waals surface area contributed by atoms with E-state index < -0.39 is 18.7 Å². The molecule has 9 nitrogen and oxygen atoms in total. The number of carbonyl (C=O) groups is 3. The summed E-state index contributed by atoms with van der Waals surface area (Å²) in [5, 5.41) is 14.6. The number of alkyl halides is 1. The zero-order chi connectivity index (χ0) is 28.9. The number of hydrogen-bond donors (Lipinski definition) is 2. The third-order valence-corrected chi connectivity index (χ3v) is 7.71. The monoisotopic (exact) mass is 574 g/mol. The molecular weight excluding hydrogens is 547 g/mol. The number of amides is 2. The average molecular weight is 575 g/mol. The number of likely N-dealkylation sites (N-methyl/N-ethyl adjacent to an activating group) is 1. The van der Waals surface area contributed by atoms with Gasteiger partial charge in [-0.15, -0.1) is 11.3 Å². The minimum Gasteiger partial charge on any atom is -0.481 e. The maximum absolute atomic E-state index is 13.0. The fraction of sp³-hybridized carbons (Fsp3) is 0.233. The number of fused-ring (bicyclic) bond motifs is 1. The summed E-state index contributed by atoms with van der Waals surface area (Å²) in [6, 6.07) is 16.3. The first-order valence-corrected chi connectivity index (χ1v) is 13.8. The Labute approximate surface area is 239 Å². The smallest absolute Gasteiger partial charge is 0.304 e. The highest BCUT2D eigenvalue weighted by atomic mass is 32.1. The van der Waals surface area contributed by atoms with Gasteiger partial charge in [-0.2, -0.15) is 0 Å². The standard InChI is InChI=1S/C30H27FN4O5S/c1-35-27(36)11-19-10-21(14-32-29(19)35)23-8-7-22(40-17-31)13-24(23)25-16-41-26(34-25)15-33-30(39)20(12-28(37)38)9-18-5-3-2-4-6-18/h2-8,10,13-14,16,20H,9,11-12,15,17H2,1H3,(H,33,39)(H,37,38)/t20-/m1/s1. The second-order valence-corrected chi connectivity index (χ2v) is 10.6. The first-order valence-electron chi connectivity index (χ1n) is 12.9. The van der Waals surface area contributed by atoms with Crippen LogP contribution >= 0.6 is 11.3 Å². The number of halogens is 1. The maximum Gasteiger partial charge on any atom is 0.304 e. The molecule has 1 atom stereocenters. The Hall–Kier alpha value is -4.64. The van der Waals surface area contributed by atoms with Gasteiger partial charge >= 0.3 is 5.97 Å². The van der Waals surface area contributed by atoms with Gasteiger partial charge in [0.25, 0.3) is 0 Å². The van der Waals surface area contributed by atoms with Crippen molar-refractivity contribution in [1.82, 2.24) is 15.3 Å². The number of aromatic nitrogens is 2. The Morgan fingerprint density at radius 2 is 1.98 bits per heavy atom. The van der Waals surface area contributed by atoms with Crippen molar-refractivity contribution in [3.05, 3.63) is 82.3 Å². The molecule has 3 heterocycles. The van der Waals surface area contributed by atoms with E-state index in [1.54, 1.807) is 31.4 Å². The first-order chi connectivity index (χ1) is 19.8. The number of rotatable bonds is 11. The van der Waals surface area contributed by atoms with E-state index in [2.05, 4.69) is 10.3 Å². The van der Waals surface area contributed by atoms with E-state index in [0.717, 1.165) is 22.3 Å². The molecule has 0 saturated heterocycles. The van der Waals surface area contributed by atoms with E-state index in [1.165, 1.54) is 16.2 Å². The highest BCUT2D eigenvalue weighted by Crippen LogP contribution is 2.37. The normalized spacial score (nSPS) is 13.1. The fourth-order valence-corrected chi connectivity index (χ4v) is 5.55. The summed E-state index contributed by atoms with van der Waals surface area (Å²) in [7, 11) is 1.69. The molecule has 2 N–H and O–H groups in total. The Balaban J connectivity index is 1.37. The minimum absolute atomic E-state index is 0.0304. The number of nitrogens with zero attached hydrogens (tertiary/aromatic N) is 3. The van der Waals surface area contributed by atoms with Crippen molar-refractivity contribution in [3.8, 4) is 28.1 Å². The summed E-state index contributed by atoms with van der Waals surface area (Å²) in [4.78, 5) is 47.2. The van der Waals surface area contributed by atoms with Crippen LogP contribution in [-0.4, -0.2) is 46.8 Å². The maximum atomic E-state index is 13.0. The predicted molar refractivity (Wildman–Crippen MR) is 152 cm³/mol. The molecule has 0 spiro atoms. The molecule has 210 valence electrons. The molecule has 1 aliphatic rings. The van der Waals surface area contributed by atoms with E-state index in [4.69, 9.17) is 9.72 Å². The van der Waals surface area contributed by atoms with Crippen LogP contribution in [0.4, 0.5) is 10.2 Å². The van der Waals surface area contributed by atoms with Gasteiger partial charge in [0.2, 0.25) is 18.7 Å². The van der Waals surface area contributed by atoms with E-state index in [1.807, 2.05) is 41.8 Å². The molecule has 1 aliphatic heterocycles. The Bertz CT molecular complexity index is 1590. The molecule has 0 unspecified atom stereocenters. The van der Waals surface area contributed by atoms with Crippen LogP contribution in [0, 0.1) is 5.92 Å². The quantitative estimate of drug-likeness (QED) is 0.268. The Morgan fingerprint density at radius 3 is 2.73 bits per heavy atom. The fourth-order valence-electron chi connectivity index (χ4n) is 4.81. The topological polar surface area (TPSA) is 122 Å². The number of carbonyl (C=O) groups excluding carboxylic acids is 2. The summed E-state index contributed by atoms with van der Waals surface area (Å²) in [5.74, 6) is -1.22. The van der Waals surface area contributed by atoms with Gasteiger partial charge in [0, 0.05) is 35.3 Å². The van der Waals surface area contributed by atoms with E-state index >= 15 is 0 Å². The first kappa shape index (κ1) is 27.9. The molecule has 41 heavy (non-hydrogen) atoms. The van der Waals surface area contributed by atoms with Gasteiger partial charge in [-0.3, -0.25) is 19.3 Å². The second kappa shape index (κ2) is 12.3. The van der Waals surface area contributed by atoms with Gasteiger partial charge in [-0.1, -0.05) is 30.3 Å². The lowest BCUT2D eigenvalue weighted by Crippen LogP contribution is -2.33. The predicted octanol–water partition coefficient (Wildman–Crippen LogP) is 4.65. The van der Waals surface area contributed by atoms with Crippen LogP contribution in [0.25, 0.3) is 22.4 Å². The summed E-state index contributed by atoms with van der Waals surface area (Å²) in [6.45, 7) is -0.859. The number of pyridine rings is 1. The number of aliphatic carboxylic acids is 1. The van der Waals surface area contributed by atoms with E-state index in [-0.39, 0.29) is 31.2 Å². The van der Waals surface area contributed by atoms with Crippen LogP contribution in [0.1, 0.15) is 22.6 Å². The Kier molecular flexibility index (Phi) is 8.34. The van der Waals surface area contributed by atoms with Gasteiger partial charge in [-0.05, 0) is 41.8 Å². The summed E-state index contributed by atoms with van der Waals surface area (Å²) < 4.78 is 18.1. The van der Waals surface area contributed by atoms with Crippen LogP contribution in [0.2, 0.25) is 0 Å². The van der Waals surface area contributed by atoms with Gasteiger partial charge in [-0.25, -0.2) is 14.4 Å². The number of carboxylic acids is 1. The van der Waals surface area contributed by atoms with Crippen molar-refractivity contribution < 1.29 is 28.6 Å². The van der Waals surface area contributed by atoms with Gasteiger partial charge in [0.15, 0.2) is 0 Å². The second-order valence-electron chi connectivity index (χ2n) is 9.63. The average Bonchev–Trinajstić information content (AvgIpc) is 3.55. The van der Waals surface area contributed by atoms with E-state index in [0.29, 0.717) is 34.3 Å².